The maximum Gasteiger partial charge on any atom is 0.356 e. The maximum atomic E-state index is 14.3. The molecule has 1 saturated carbocycles. The lowest BCUT2D eigenvalue weighted by Crippen LogP contribution is -2.59. The second kappa shape index (κ2) is 12.7. The molecule has 0 radical (unpaired) electrons. The Hall–Kier alpha value is -3.45. The number of halogens is 2. The maximum absolute atomic E-state index is 14.3. The van der Waals surface area contributed by atoms with E-state index in [0.29, 0.717) is 34.6 Å². The topological polar surface area (TPSA) is 151 Å². The van der Waals surface area contributed by atoms with Crippen LogP contribution < -0.4 is 10.0 Å². The normalized spacial score (nSPS) is 22.2. The Morgan fingerprint density at radius 3 is 2.51 bits per heavy atom. The third-order valence-electron chi connectivity index (χ3n) is 7.89. The van der Waals surface area contributed by atoms with Gasteiger partial charge in [0.25, 0.3) is 5.91 Å². The summed E-state index contributed by atoms with van der Waals surface area (Å²) in [7, 11) is -3.60. The largest absolute Gasteiger partial charge is 0.476 e. The number of carboxylic acid groups (broad SMARTS) is 1. The van der Waals surface area contributed by atoms with Crippen LogP contribution in [0.15, 0.2) is 54.7 Å². The van der Waals surface area contributed by atoms with Crippen LogP contribution in [0.2, 0.25) is 10.0 Å². The van der Waals surface area contributed by atoms with Gasteiger partial charge in [-0.05, 0) is 48.2 Å². The first kappa shape index (κ1) is 31.0. The number of fused-ring (bicyclic) bond motifs is 1. The molecular weight excluding hydrogens is 617 g/mol. The number of benzene rings is 2. The molecule has 4 atom stereocenters. The van der Waals surface area contributed by atoms with Crippen molar-refractivity contribution in [3.05, 3.63) is 87.2 Å². The van der Waals surface area contributed by atoms with Crippen molar-refractivity contribution in [2.24, 2.45) is 0 Å². The zero-order chi connectivity index (χ0) is 30.9. The number of nitrogens with zero attached hydrogens (tertiary/aromatic N) is 3. The number of carbonyl (C=O) groups excluding carboxylic acids is 2. The number of aromatic carboxylic acids is 1. The van der Waals surface area contributed by atoms with Crippen molar-refractivity contribution in [1.82, 2.24) is 24.7 Å². The number of aromatic nitrogens is 2. The molecule has 2 amide bonds. The van der Waals surface area contributed by atoms with E-state index in [-0.39, 0.29) is 35.6 Å². The van der Waals surface area contributed by atoms with Crippen molar-refractivity contribution in [3.8, 4) is 0 Å². The molecule has 0 saturated heterocycles. The van der Waals surface area contributed by atoms with E-state index in [1.54, 1.807) is 47.4 Å². The number of sulfonamides is 1. The van der Waals surface area contributed by atoms with Crippen molar-refractivity contribution >= 4 is 51.0 Å². The van der Waals surface area contributed by atoms with Gasteiger partial charge in [-0.1, -0.05) is 60.3 Å². The molecule has 3 aromatic rings. The molecule has 0 spiro atoms. The SMILES string of the molecule is CS(=O)(=O)N[C@H]1CCCC[C@@H]1N1C(=O)c2ccccc2[C@@H](C(=O)NCCn2ccc(C(=O)O)n2)[C@@H]1c1ccc(Cl)cc1Cl. The van der Waals surface area contributed by atoms with Gasteiger partial charge in [-0.2, -0.15) is 5.10 Å². The molecule has 11 nitrogen and oxygen atoms in total. The van der Waals surface area contributed by atoms with Gasteiger partial charge < -0.3 is 15.3 Å². The van der Waals surface area contributed by atoms with Gasteiger partial charge in [-0.3, -0.25) is 14.3 Å². The number of carboxylic acids is 1. The first-order chi connectivity index (χ1) is 20.4. The summed E-state index contributed by atoms with van der Waals surface area (Å²) in [4.78, 5) is 41.2. The molecule has 1 aliphatic heterocycles. The molecule has 1 aliphatic carbocycles. The third-order valence-corrected chi connectivity index (χ3v) is 9.19. The predicted octanol–water partition coefficient (Wildman–Crippen LogP) is 3.85. The Morgan fingerprint density at radius 1 is 1.07 bits per heavy atom. The molecule has 2 aromatic carbocycles. The number of amides is 2. The number of hydrogen-bond acceptors (Lipinski definition) is 6. The summed E-state index contributed by atoms with van der Waals surface area (Å²) >= 11 is 13.0. The lowest BCUT2D eigenvalue weighted by atomic mass is 9.76. The van der Waals surface area contributed by atoms with E-state index < -0.39 is 40.0 Å². The summed E-state index contributed by atoms with van der Waals surface area (Å²) in [5.74, 6) is -2.75. The summed E-state index contributed by atoms with van der Waals surface area (Å²) in [5, 5.41) is 16.7. The van der Waals surface area contributed by atoms with E-state index in [9.17, 15) is 22.8 Å². The van der Waals surface area contributed by atoms with Gasteiger partial charge in [0.05, 0.1) is 24.8 Å². The van der Waals surface area contributed by atoms with Crippen LogP contribution in [0.5, 0.6) is 0 Å². The monoisotopic (exact) mass is 647 g/mol. The molecule has 2 heterocycles. The van der Waals surface area contributed by atoms with E-state index in [1.807, 2.05) is 0 Å². The minimum absolute atomic E-state index is 0.108. The lowest BCUT2D eigenvalue weighted by molar-refractivity contribution is -0.124. The molecule has 14 heteroatoms. The fourth-order valence-electron chi connectivity index (χ4n) is 6.13. The summed E-state index contributed by atoms with van der Waals surface area (Å²) in [6.45, 7) is 0.348. The average molecular weight is 649 g/mol. The fraction of sp³-hybridized carbons (Fsp3) is 0.379. The number of nitrogens with one attached hydrogen (secondary N) is 2. The number of rotatable bonds is 9. The van der Waals surface area contributed by atoms with Gasteiger partial charge in [0.15, 0.2) is 5.69 Å². The summed E-state index contributed by atoms with van der Waals surface area (Å²) < 4.78 is 28.8. The van der Waals surface area contributed by atoms with E-state index in [4.69, 9.17) is 28.3 Å². The summed E-state index contributed by atoms with van der Waals surface area (Å²) in [5.41, 5.74) is 1.28. The average Bonchev–Trinajstić information content (AvgIpc) is 3.42. The third kappa shape index (κ3) is 6.72. The quantitative estimate of drug-likeness (QED) is 0.319. The van der Waals surface area contributed by atoms with Gasteiger partial charge in [-0.15, -0.1) is 0 Å². The molecule has 1 fully saturated rings. The van der Waals surface area contributed by atoms with Crippen LogP contribution in [-0.2, 0) is 21.4 Å². The Bertz CT molecular complexity index is 1660. The van der Waals surface area contributed by atoms with Gasteiger partial charge in [-0.25, -0.2) is 17.9 Å². The highest BCUT2D eigenvalue weighted by molar-refractivity contribution is 7.88. The first-order valence-electron chi connectivity index (χ1n) is 13.8. The van der Waals surface area contributed by atoms with Crippen LogP contribution >= 0.6 is 23.2 Å². The molecule has 0 unspecified atom stereocenters. The summed E-state index contributed by atoms with van der Waals surface area (Å²) in [6.07, 6.45) is 5.23. The summed E-state index contributed by atoms with van der Waals surface area (Å²) in [6, 6.07) is 11.2. The molecular formula is C29H31Cl2N5O6S. The molecule has 5 rings (SSSR count). The Balaban J connectivity index is 1.57. The van der Waals surface area contributed by atoms with Crippen molar-refractivity contribution in [1.29, 1.82) is 0 Å². The van der Waals surface area contributed by atoms with Crippen molar-refractivity contribution in [2.75, 3.05) is 12.8 Å². The Kier molecular flexibility index (Phi) is 9.12. The minimum Gasteiger partial charge on any atom is -0.476 e. The lowest BCUT2D eigenvalue weighted by Gasteiger charge is -2.49. The van der Waals surface area contributed by atoms with Crippen molar-refractivity contribution < 1.29 is 27.9 Å². The minimum atomic E-state index is -3.60. The highest BCUT2D eigenvalue weighted by Crippen LogP contribution is 2.47. The Morgan fingerprint density at radius 2 is 1.81 bits per heavy atom. The second-order valence-electron chi connectivity index (χ2n) is 10.8. The fourth-order valence-corrected chi connectivity index (χ4v) is 7.48. The predicted molar refractivity (Wildman–Crippen MR) is 161 cm³/mol. The zero-order valence-electron chi connectivity index (χ0n) is 23.2. The van der Waals surface area contributed by atoms with Gasteiger partial charge >= 0.3 is 5.97 Å². The molecule has 3 N–H and O–H groups in total. The van der Waals surface area contributed by atoms with Gasteiger partial charge in [0.2, 0.25) is 15.9 Å². The van der Waals surface area contributed by atoms with Crippen LogP contribution in [0.1, 0.15) is 69.6 Å². The number of hydrogen-bond donors (Lipinski definition) is 3. The number of carbonyl (C=O) groups is 3. The van der Waals surface area contributed by atoms with Crippen molar-refractivity contribution in [3.63, 3.8) is 0 Å². The van der Waals surface area contributed by atoms with Crippen LogP contribution in [-0.4, -0.2) is 70.9 Å². The van der Waals surface area contributed by atoms with E-state index >= 15 is 0 Å². The molecule has 1 aromatic heterocycles. The van der Waals surface area contributed by atoms with Gasteiger partial charge in [0, 0.05) is 40.4 Å². The molecule has 0 bridgehead atoms. The van der Waals surface area contributed by atoms with E-state index in [2.05, 4.69) is 15.1 Å². The molecule has 43 heavy (non-hydrogen) atoms. The van der Waals surface area contributed by atoms with Crippen LogP contribution in [0.4, 0.5) is 0 Å². The van der Waals surface area contributed by atoms with Gasteiger partial charge in [0.1, 0.15) is 0 Å². The highest BCUT2D eigenvalue weighted by atomic mass is 35.5. The van der Waals surface area contributed by atoms with Crippen LogP contribution in [0, 0.1) is 0 Å². The zero-order valence-corrected chi connectivity index (χ0v) is 25.6. The second-order valence-corrected chi connectivity index (χ2v) is 13.4. The highest BCUT2D eigenvalue weighted by Gasteiger charge is 2.49. The first-order valence-corrected chi connectivity index (χ1v) is 16.5. The molecule has 228 valence electrons. The van der Waals surface area contributed by atoms with E-state index in [1.165, 1.54) is 16.9 Å². The Labute approximate surface area is 259 Å². The van der Waals surface area contributed by atoms with Crippen molar-refractivity contribution in [2.45, 2.75) is 56.3 Å². The smallest absolute Gasteiger partial charge is 0.356 e. The molecule has 2 aliphatic rings. The standard InChI is InChI=1S/C29H31Cl2N5O6S/c1-43(41,42)34-22-8-4-5-9-24(22)36-26(20-11-10-17(30)16-21(20)31)25(18-6-2-3-7-19(18)28(36)38)27(37)32-13-15-35-14-12-23(33-35)29(39)40/h2-3,6-7,10-12,14,16,22,24-26,34H,4-5,8-9,13,15H2,1H3,(H,32,37)(H,39,40)/t22-,24-,25+,26-/m0/s1. The van der Waals surface area contributed by atoms with Crippen LogP contribution in [0.25, 0.3) is 0 Å². The van der Waals surface area contributed by atoms with Crippen LogP contribution in [0.3, 0.4) is 0 Å². The van der Waals surface area contributed by atoms with E-state index in [0.717, 1.165) is 19.1 Å².